The molecule has 0 saturated heterocycles. The van der Waals surface area contributed by atoms with Crippen molar-refractivity contribution in [3.8, 4) is 0 Å². The highest BCUT2D eigenvalue weighted by Gasteiger charge is 2.20. The number of nitrogens with one attached hydrogen (secondary N) is 1. The molecule has 0 atom stereocenters. The zero-order valence-electron chi connectivity index (χ0n) is 11.4. The second kappa shape index (κ2) is 6.28. The van der Waals surface area contributed by atoms with Crippen molar-refractivity contribution in [1.29, 1.82) is 0 Å². The van der Waals surface area contributed by atoms with Gasteiger partial charge in [-0.25, -0.2) is 0 Å². The molecule has 3 N–H and O–H groups in total. The van der Waals surface area contributed by atoms with Crippen LogP contribution in [0.2, 0.25) is 4.34 Å². The van der Waals surface area contributed by atoms with Crippen molar-refractivity contribution >= 4 is 34.5 Å². The van der Waals surface area contributed by atoms with Crippen molar-refractivity contribution in [1.82, 2.24) is 15.1 Å². The van der Waals surface area contributed by atoms with Crippen LogP contribution in [0.5, 0.6) is 0 Å². The summed E-state index contributed by atoms with van der Waals surface area (Å²) in [6.07, 6.45) is 1.74. The molecule has 5 nitrogen and oxygen atoms in total. The standard InChI is InChI=1S/C13H17ClN4OS/c1-3-4-9-11(15)12(17-16-9)13(19)18(2)7-8-5-6-10(14)20-8/h5-6H,3-4,7,15H2,1-2H3,(H,16,17). The van der Waals surface area contributed by atoms with E-state index >= 15 is 0 Å². The number of aromatic nitrogens is 2. The van der Waals surface area contributed by atoms with E-state index in [-0.39, 0.29) is 5.91 Å². The van der Waals surface area contributed by atoms with Crippen LogP contribution in [0.15, 0.2) is 12.1 Å². The molecule has 0 bridgehead atoms. The van der Waals surface area contributed by atoms with Crippen LogP contribution in [-0.4, -0.2) is 28.1 Å². The number of nitrogens with two attached hydrogens (primary N) is 1. The Balaban J connectivity index is 2.10. The number of nitrogen functional groups attached to an aromatic ring is 1. The van der Waals surface area contributed by atoms with E-state index in [2.05, 4.69) is 17.1 Å². The molecule has 108 valence electrons. The summed E-state index contributed by atoms with van der Waals surface area (Å²) in [5.74, 6) is -0.189. The highest BCUT2D eigenvalue weighted by atomic mass is 35.5. The lowest BCUT2D eigenvalue weighted by atomic mass is 10.2. The number of nitrogens with zero attached hydrogens (tertiary/aromatic N) is 2. The maximum absolute atomic E-state index is 12.3. The Morgan fingerprint density at radius 1 is 1.55 bits per heavy atom. The molecular weight excluding hydrogens is 296 g/mol. The lowest BCUT2D eigenvalue weighted by Gasteiger charge is -2.15. The number of aryl methyl sites for hydroxylation is 1. The van der Waals surface area contributed by atoms with Gasteiger partial charge in [0.2, 0.25) is 0 Å². The SMILES string of the molecule is CCCc1[nH]nc(C(=O)N(C)Cc2ccc(Cl)s2)c1N. The molecule has 0 aliphatic heterocycles. The van der Waals surface area contributed by atoms with Gasteiger partial charge >= 0.3 is 0 Å². The Bertz CT molecular complexity index is 607. The molecular formula is C13H17ClN4OS. The van der Waals surface area contributed by atoms with E-state index in [0.29, 0.717) is 22.3 Å². The predicted octanol–water partition coefficient (Wildman–Crippen LogP) is 2.93. The molecule has 0 spiro atoms. The minimum absolute atomic E-state index is 0.189. The molecule has 0 aromatic carbocycles. The molecule has 2 rings (SSSR count). The smallest absolute Gasteiger partial charge is 0.276 e. The fourth-order valence-corrected chi connectivity index (χ4v) is 3.05. The van der Waals surface area contributed by atoms with Crippen molar-refractivity contribution in [2.45, 2.75) is 26.3 Å². The lowest BCUT2D eigenvalue weighted by molar-refractivity contribution is 0.0781. The molecule has 20 heavy (non-hydrogen) atoms. The second-order valence-electron chi connectivity index (χ2n) is 4.58. The van der Waals surface area contributed by atoms with E-state index in [1.165, 1.54) is 11.3 Å². The van der Waals surface area contributed by atoms with Crippen molar-refractivity contribution in [2.24, 2.45) is 0 Å². The van der Waals surface area contributed by atoms with Gasteiger partial charge < -0.3 is 10.6 Å². The molecule has 1 amide bonds. The van der Waals surface area contributed by atoms with Crippen molar-refractivity contribution < 1.29 is 4.79 Å². The average molecular weight is 313 g/mol. The zero-order chi connectivity index (χ0) is 14.7. The third-order valence-corrected chi connectivity index (χ3v) is 4.17. The van der Waals surface area contributed by atoms with Crippen LogP contribution >= 0.6 is 22.9 Å². The number of aromatic amines is 1. The van der Waals surface area contributed by atoms with Gasteiger partial charge in [-0.15, -0.1) is 11.3 Å². The van der Waals surface area contributed by atoms with E-state index in [9.17, 15) is 4.79 Å². The summed E-state index contributed by atoms with van der Waals surface area (Å²) in [5.41, 5.74) is 7.53. The molecule has 0 saturated carbocycles. The topological polar surface area (TPSA) is 75.0 Å². The molecule has 2 heterocycles. The van der Waals surface area contributed by atoms with Gasteiger partial charge in [0.1, 0.15) is 0 Å². The number of hydrogen-bond acceptors (Lipinski definition) is 4. The van der Waals surface area contributed by atoms with Gasteiger partial charge in [0.15, 0.2) is 5.69 Å². The van der Waals surface area contributed by atoms with Gasteiger partial charge in [0, 0.05) is 11.9 Å². The summed E-state index contributed by atoms with van der Waals surface area (Å²) < 4.78 is 0.713. The predicted molar refractivity (Wildman–Crippen MR) is 82.1 cm³/mol. The van der Waals surface area contributed by atoms with Crippen LogP contribution in [0, 0.1) is 0 Å². The van der Waals surface area contributed by atoms with Gasteiger partial charge in [-0.1, -0.05) is 24.9 Å². The number of carbonyl (C=O) groups is 1. The summed E-state index contributed by atoms with van der Waals surface area (Å²) in [6, 6.07) is 3.73. The number of H-pyrrole nitrogens is 1. The quantitative estimate of drug-likeness (QED) is 0.891. The zero-order valence-corrected chi connectivity index (χ0v) is 13.0. The molecule has 0 radical (unpaired) electrons. The van der Waals surface area contributed by atoms with Crippen LogP contribution in [0.4, 0.5) is 5.69 Å². The molecule has 7 heteroatoms. The molecule has 0 fully saturated rings. The molecule has 0 aliphatic rings. The monoisotopic (exact) mass is 312 g/mol. The number of anilines is 1. The van der Waals surface area contributed by atoms with Gasteiger partial charge in [0.05, 0.1) is 22.3 Å². The maximum atomic E-state index is 12.3. The van der Waals surface area contributed by atoms with Crippen LogP contribution in [-0.2, 0) is 13.0 Å². The van der Waals surface area contributed by atoms with Gasteiger partial charge in [-0.3, -0.25) is 9.89 Å². The van der Waals surface area contributed by atoms with Crippen LogP contribution in [0.1, 0.15) is 34.4 Å². The van der Waals surface area contributed by atoms with E-state index < -0.39 is 0 Å². The minimum Gasteiger partial charge on any atom is -0.395 e. The number of hydrogen-bond donors (Lipinski definition) is 2. The normalized spacial score (nSPS) is 10.8. The second-order valence-corrected chi connectivity index (χ2v) is 6.38. The Kier molecular flexibility index (Phi) is 4.67. The maximum Gasteiger partial charge on any atom is 0.276 e. The fraction of sp³-hybridized carbons (Fsp3) is 0.385. The minimum atomic E-state index is -0.189. The fourth-order valence-electron chi connectivity index (χ4n) is 1.91. The Hall–Kier alpha value is -1.53. The first-order valence-corrected chi connectivity index (χ1v) is 7.54. The number of carbonyl (C=O) groups excluding carboxylic acids is 1. The summed E-state index contributed by atoms with van der Waals surface area (Å²) >= 11 is 7.34. The first-order chi connectivity index (χ1) is 9.52. The number of thiophene rings is 1. The Morgan fingerprint density at radius 3 is 2.90 bits per heavy atom. The van der Waals surface area contributed by atoms with Crippen LogP contribution in [0.3, 0.4) is 0 Å². The third-order valence-electron chi connectivity index (χ3n) is 2.95. The number of amides is 1. The first kappa shape index (κ1) is 14.9. The van der Waals surface area contributed by atoms with Gasteiger partial charge in [0.25, 0.3) is 5.91 Å². The summed E-state index contributed by atoms with van der Waals surface area (Å²) in [4.78, 5) is 14.9. The van der Waals surface area contributed by atoms with Gasteiger partial charge in [-0.2, -0.15) is 5.10 Å². The molecule has 2 aromatic rings. The molecule has 0 unspecified atom stereocenters. The third kappa shape index (κ3) is 3.13. The van der Waals surface area contributed by atoms with Gasteiger partial charge in [-0.05, 0) is 18.6 Å². The summed E-state index contributed by atoms with van der Waals surface area (Å²) in [5, 5.41) is 6.88. The van der Waals surface area contributed by atoms with E-state index in [1.807, 2.05) is 12.1 Å². The van der Waals surface area contributed by atoms with Crippen molar-refractivity contribution in [2.75, 3.05) is 12.8 Å². The van der Waals surface area contributed by atoms with E-state index in [1.54, 1.807) is 11.9 Å². The highest BCUT2D eigenvalue weighted by molar-refractivity contribution is 7.16. The Labute approximate surface area is 126 Å². The van der Waals surface area contributed by atoms with Crippen LogP contribution < -0.4 is 5.73 Å². The summed E-state index contributed by atoms with van der Waals surface area (Å²) in [7, 11) is 1.73. The van der Waals surface area contributed by atoms with Crippen molar-refractivity contribution in [3.63, 3.8) is 0 Å². The summed E-state index contributed by atoms with van der Waals surface area (Å²) in [6.45, 7) is 2.54. The number of rotatable bonds is 5. The van der Waals surface area contributed by atoms with E-state index in [0.717, 1.165) is 23.4 Å². The Morgan fingerprint density at radius 2 is 2.30 bits per heavy atom. The lowest BCUT2D eigenvalue weighted by Crippen LogP contribution is -2.26. The molecule has 2 aromatic heterocycles. The molecule has 0 aliphatic carbocycles. The number of halogens is 1. The van der Waals surface area contributed by atoms with E-state index in [4.69, 9.17) is 17.3 Å². The first-order valence-electron chi connectivity index (χ1n) is 6.35. The average Bonchev–Trinajstić information content (AvgIpc) is 2.97. The highest BCUT2D eigenvalue weighted by Crippen LogP contribution is 2.23. The largest absolute Gasteiger partial charge is 0.395 e. The van der Waals surface area contributed by atoms with Crippen molar-refractivity contribution in [3.05, 3.63) is 32.7 Å². The van der Waals surface area contributed by atoms with Crippen LogP contribution in [0.25, 0.3) is 0 Å².